The quantitative estimate of drug-likeness (QED) is 0.601. The number of rotatable bonds is 5. The second kappa shape index (κ2) is 6.93. The lowest BCUT2D eigenvalue weighted by Crippen LogP contribution is -2.33. The first kappa shape index (κ1) is 15.8. The van der Waals surface area contributed by atoms with Crippen LogP contribution in [0.5, 0.6) is 0 Å². The second-order valence-corrected chi connectivity index (χ2v) is 6.22. The number of alkyl halides is 2. The first-order valence-corrected chi connectivity index (χ1v) is 8.09. The Morgan fingerprint density at radius 3 is 2.10 bits per heavy atom. The maximum absolute atomic E-state index is 13.0. The Kier molecular flexibility index (Phi) is 5.48. The average Bonchev–Trinajstić information content (AvgIpc) is 2.48. The molecule has 0 aliphatic heterocycles. The second-order valence-electron chi connectivity index (χ2n) is 4.83. The van der Waals surface area contributed by atoms with Gasteiger partial charge in [0.1, 0.15) is 5.82 Å². The Balaban J connectivity index is 2.39. The van der Waals surface area contributed by atoms with Crippen molar-refractivity contribution in [1.82, 2.24) is 0 Å². The molecule has 4 heteroatoms. The van der Waals surface area contributed by atoms with E-state index in [4.69, 9.17) is 23.2 Å². The van der Waals surface area contributed by atoms with Crippen LogP contribution in [0.25, 0.3) is 0 Å². The molecule has 0 saturated carbocycles. The van der Waals surface area contributed by atoms with Gasteiger partial charge in [-0.05, 0) is 35.7 Å². The predicted molar refractivity (Wildman–Crippen MR) is 87.4 cm³/mol. The van der Waals surface area contributed by atoms with Gasteiger partial charge in [-0.2, -0.15) is 0 Å². The third-order valence-corrected chi connectivity index (χ3v) is 5.13. The normalized spacial score (nSPS) is 11.6. The summed E-state index contributed by atoms with van der Waals surface area (Å²) in [5.74, 6) is 0.560. The molecule has 0 fully saturated rings. The molecule has 0 unspecified atom stereocenters. The minimum absolute atomic E-state index is 0.239. The molecule has 0 atom stereocenters. The summed E-state index contributed by atoms with van der Waals surface area (Å²) in [6, 6.07) is 14.4. The molecule has 0 heterocycles. The monoisotopic (exact) mass is 374 g/mol. The van der Waals surface area contributed by atoms with Gasteiger partial charge in [-0.1, -0.05) is 46.3 Å². The van der Waals surface area contributed by atoms with Crippen LogP contribution in [-0.4, -0.2) is 11.8 Å². The van der Waals surface area contributed by atoms with Crippen LogP contribution in [0.1, 0.15) is 11.1 Å². The number of hydrogen-bond donors (Lipinski definition) is 0. The van der Waals surface area contributed by atoms with E-state index in [2.05, 4.69) is 15.9 Å². The van der Waals surface area contributed by atoms with E-state index in [1.165, 1.54) is 12.1 Å². The number of benzene rings is 2. The van der Waals surface area contributed by atoms with E-state index < -0.39 is 0 Å². The molecule has 0 aromatic heterocycles. The molecule has 0 N–H and O–H groups in total. The van der Waals surface area contributed by atoms with Gasteiger partial charge in [-0.25, -0.2) is 4.39 Å². The van der Waals surface area contributed by atoms with Crippen LogP contribution in [0.4, 0.5) is 4.39 Å². The summed E-state index contributed by atoms with van der Waals surface area (Å²) >= 11 is 16.0. The molecule has 106 valence electrons. The Morgan fingerprint density at radius 1 is 0.950 bits per heavy atom. The first-order chi connectivity index (χ1) is 9.61. The fourth-order valence-corrected chi connectivity index (χ4v) is 3.72. The van der Waals surface area contributed by atoms with E-state index in [1.54, 1.807) is 12.1 Å². The highest BCUT2D eigenvalue weighted by Crippen LogP contribution is 2.36. The van der Waals surface area contributed by atoms with Crippen LogP contribution in [0.2, 0.25) is 0 Å². The largest absolute Gasteiger partial charge is 0.207 e. The van der Waals surface area contributed by atoms with Crippen LogP contribution < -0.4 is 0 Å². The van der Waals surface area contributed by atoms with Crippen LogP contribution in [-0.2, 0) is 11.8 Å². The zero-order valence-electron chi connectivity index (χ0n) is 10.8. The van der Waals surface area contributed by atoms with Crippen molar-refractivity contribution in [1.29, 1.82) is 0 Å². The van der Waals surface area contributed by atoms with Gasteiger partial charge in [0.05, 0.1) is 0 Å². The fourth-order valence-electron chi connectivity index (χ4n) is 2.25. The Bertz CT molecular complexity index is 565. The smallest absolute Gasteiger partial charge is 0.123 e. The highest BCUT2D eigenvalue weighted by Gasteiger charge is 2.32. The summed E-state index contributed by atoms with van der Waals surface area (Å²) in [6.07, 6.45) is 0.670. The van der Waals surface area contributed by atoms with Crippen LogP contribution in [0.3, 0.4) is 0 Å². The van der Waals surface area contributed by atoms with E-state index in [0.717, 1.165) is 15.6 Å². The molecule has 0 radical (unpaired) electrons. The van der Waals surface area contributed by atoms with Crippen LogP contribution in [0.15, 0.2) is 53.0 Å². The summed E-state index contributed by atoms with van der Waals surface area (Å²) in [6.45, 7) is 0. The summed E-state index contributed by atoms with van der Waals surface area (Å²) in [7, 11) is 0. The Hall–Kier alpha value is -0.570. The van der Waals surface area contributed by atoms with Gasteiger partial charge in [0.2, 0.25) is 0 Å². The molecule has 0 amide bonds. The Labute approximate surface area is 137 Å². The van der Waals surface area contributed by atoms with Crippen molar-refractivity contribution < 1.29 is 4.39 Å². The zero-order chi connectivity index (χ0) is 14.6. The van der Waals surface area contributed by atoms with Gasteiger partial charge in [-0.15, -0.1) is 23.2 Å². The minimum Gasteiger partial charge on any atom is -0.207 e. The predicted octanol–water partition coefficient (Wildman–Crippen LogP) is 5.55. The highest BCUT2D eigenvalue weighted by molar-refractivity contribution is 9.10. The van der Waals surface area contributed by atoms with Crippen LogP contribution >= 0.6 is 39.1 Å². The summed E-state index contributed by atoms with van der Waals surface area (Å²) in [5.41, 5.74) is 1.72. The standard InChI is InChI=1S/C16H14BrCl2F/c17-15-4-2-1-3-14(15)16(10-18,11-19)9-12-5-7-13(20)8-6-12/h1-8H,9-11H2. The van der Waals surface area contributed by atoms with Gasteiger partial charge < -0.3 is 0 Å². The van der Waals surface area contributed by atoms with E-state index in [9.17, 15) is 4.39 Å². The lowest BCUT2D eigenvalue weighted by molar-refractivity contribution is 0.532. The molecule has 0 bridgehead atoms. The molecular weight excluding hydrogens is 362 g/mol. The molecule has 0 nitrogen and oxygen atoms in total. The van der Waals surface area contributed by atoms with E-state index in [-0.39, 0.29) is 11.2 Å². The summed E-state index contributed by atoms with van der Waals surface area (Å²) in [4.78, 5) is 0. The average molecular weight is 376 g/mol. The molecule has 2 aromatic rings. The number of hydrogen-bond acceptors (Lipinski definition) is 0. The lowest BCUT2D eigenvalue weighted by Gasteiger charge is -2.31. The van der Waals surface area contributed by atoms with Crippen LogP contribution in [0, 0.1) is 5.82 Å². The molecule has 20 heavy (non-hydrogen) atoms. The van der Waals surface area contributed by atoms with Crippen molar-refractivity contribution in [3.05, 3.63) is 69.9 Å². The minimum atomic E-state index is -0.374. The Morgan fingerprint density at radius 2 is 1.55 bits per heavy atom. The van der Waals surface area contributed by atoms with Crippen molar-refractivity contribution in [2.45, 2.75) is 11.8 Å². The molecular formula is C16H14BrCl2F. The maximum atomic E-state index is 13.0. The highest BCUT2D eigenvalue weighted by atomic mass is 79.9. The van der Waals surface area contributed by atoms with Crippen molar-refractivity contribution in [3.63, 3.8) is 0 Å². The SMILES string of the molecule is Fc1ccc(CC(CCl)(CCl)c2ccccc2Br)cc1. The van der Waals surface area contributed by atoms with E-state index in [0.29, 0.717) is 18.2 Å². The molecule has 2 aromatic carbocycles. The third-order valence-electron chi connectivity index (χ3n) is 3.41. The molecule has 2 rings (SSSR count). The third kappa shape index (κ3) is 3.36. The topological polar surface area (TPSA) is 0 Å². The van der Waals surface area contributed by atoms with Crippen molar-refractivity contribution in [2.24, 2.45) is 0 Å². The summed E-state index contributed by atoms with van der Waals surface area (Å²) in [5, 5.41) is 0. The van der Waals surface area contributed by atoms with Gasteiger partial charge in [0.25, 0.3) is 0 Å². The van der Waals surface area contributed by atoms with E-state index in [1.807, 2.05) is 24.3 Å². The van der Waals surface area contributed by atoms with E-state index >= 15 is 0 Å². The maximum Gasteiger partial charge on any atom is 0.123 e. The van der Waals surface area contributed by atoms with Crippen molar-refractivity contribution in [2.75, 3.05) is 11.8 Å². The van der Waals surface area contributed by atoms with Gasteiger partial charge >= 0.3 is 0 Å². The molecule has 0 spiro atoms. The fraction of sp³-hybridized carbons (Fsp3) is 0.250. The molecule has 0 saturated heterocycles. The zero-order valence-corrected chi connectivity index (χ0v) is 13.8. The number of halogens is 4. The van der Waals surface area contributed by atoms with Crippen molar-refractivity contribution >= 4 is 39.1 Å². The first-order valence-electron chi connectivity index (χ1n) is 6.23. The van der Waals surface area contributed by atoms with Crippen molar-refractivity contribution in [3.8, 4) is 0 Å². The van der Waals surface area contributed by atoms with Gasteiger partial charge in [0.15, 0.2) is 0 Å². The van der Waals surface area contributed by atoms with Gasteiger partial charge in [-0.3, -0.25) is 0 Å². The lowest BCUT2D eigenvalue weighted by atomic mass is 9.79. The molecule has 0 aliphatic rings. The van der Waals surface area contributed by atoms with Gasteiger partial charge in [0, 0.05) is 21.6 Å². The molecule has 0 aliphatic carbocycles. The summed E-state index contributed by atoms with van der Waals surface area (Å²) < 4.78 is 14.0.